The first kappa shape index (κ1) is 75.6. The Hall–Kier alpha value is -8.03. The first-order valence-corrected chi connectivity index (χ1v) is 35.6. The fourth-order valence-electron chi connectivity index (χ4n) is 11.3. The van der Waals surface area contributed by atoms with Crippen molar-refractivity contribution in [1.82, 2.24) is 45.6 Å². The Morgan fingerprint density at radius 2 is 0.901 bits per heavy atom. The number of morpholine rings is 3. The topological polar surface area (TPSA) is 340 Å². The number of hydrogen-bond acceptors (Lipinski definition) is 27. The molecule has 101 heavy (non-hydrogen) atoms. The molecule has 36 heteroatoms. The van der Waals surface area contributed by atoms with Crippen LogP contribution in [0.2, 0.25) is 15.1 Å². The summed E-state index contributed by atoms with van der Waals surface area (Å²) in [5.74, 6) is -4.44. The zero-order valence-corrected chi connectivity index (χ0v) is 60.1. The molecule has 0 saturated carbocycles. The number of carboxylic acid groups (broad SMARTS) is 3. The number of nitrogens with one attached hydrogen (secondary N) is 3. The van der Waals surface area contributed by atoms with Crippen molar-refractivity contribution in [3.8, 4) is 0 Å². The number of ether oxygens (including phenoxy) is 6. The predicted octanol–water partition coefficient (Wildman–Crippen LogP) is 8.12. The van der Waals surface area contributed by atoms with Crippen molar-refractivity contribution in [2.75, 3.05) is 99.0 Å². The molecule has 3 fully saturated rings. The lowest BCUT2D eigenvalue weighted by Crippen LogP contribution is -2.48. The Balaban J connectivity index is 0.000000163. The number of amidine groups is 3. The number of benzene rings is 3. The number of carbonyl (C=O) groups excluding carboxylic acids is 3. The number of aromatic nitrogens is 3. The second-order valence-electron chi connectivity index (χ2n) is 22.4. The summed E-state index contributed by atoms with van der Waals surface area (Å²) in [4.78, 5) is 106. The van der Waals surface area contributed by atoms with E-state index in [0.29, 0.717) is 106 Å². The molecule has 6 aliphatic rings. The van der Waals surface area contributed by atoms with Gasteiger partial charge in [0.05, 0.1) is 56.9 Å². The summed E-state index contributed by atoms with van der Waals surface area (Å²) >= 11 is 26.5. The van der Waals surface area contributed by atoms with Crippen LogP contribution in [0.4, 0.5) is 8.78 Å². The van der Waals surface area contributed by atoms with Gasteiger partial charge in [-0.2, -0.15) is 0 Å². The second-order valence-corrected chi connectivity index (χ2v) is 27.2. The molecule has 0 spiro atoms. The first-order chi connectivity index (χ1) is 48.6. The number of hydrogen-bond donors (Lipinski definition) is 6. The zero-order valence-electron chi connectivity index (χ0n) is 53.8. The van der Waals surface area contributed by atoms with E-state index >= 15 is 0 Å². The number of methoxy groups -OCH3 is 1. The zero-order chi connectivity index (χ0) is 72.0. The monoisotopic (exact) mass is 1570 g/mol. The molecule has 3 aromatic heterocycles. The van der Waals surface area contributed by atoms with E-state index in [1.807, 2.05) is 20.1 Å². The molecule has 6 atom stereocenters. The van der Waals surface area contributed by atoms with Crippen LogP contribution in [0.3, 0.4) is 0 Å². The molecule has 6 aliphatic heterocycles. The number of rotatable bonds is 20. The van der Waals surface area contributed by atoms with Gasteiger partial charge in [0, 0.05) is 141 Å². The summed E-state index contributed by atoms with van der Waals surface area (Å²) in [7, 11) is 1.28. The number of aliphatic carboxylic acids is 3. The summed E-state index contributed by atoms with van der Waals surface area (Å²) in [5, 5.41) is 45.9. The molecular formula is C65H64BrCl3F2N12O15S3. The van der Waals surface area contributed by atoms with E-state index < -0.39 is 83.9 Å². The highest BCUT2D eigenvalue weighted by molar-refractivity contribution is 9.10. The molecule has 6 N–H and O–H groups in total. The highest BCUT2D eigenvalue weighted by atomic mass is 79.9. The number of halogens is 6. The molecule has 0 aliphatic carbocycles. The minimum Gasteiger partial charge on any atom is -0.479 e. The van der Waals surface area contributed by atoms with E-state index in [0.717, 1.165) is 0 Å². The SMILES string of the molecule is CCOC(=O)C1=C(CN2CCOC(C(=O)O)C2)NC(c2nccs2)=NC1c1ccc(Cl)cc1Cl.CCOC(=O)C1=C(CN2CCOC(C(=O)O)C2)NC(c2nccs2)=NC1c1ccc(F)cc1Cl.COC(=O)C1=C(CN2CCOC(C(=O)O)C2)NC(c2nccs2)=NC1c1ccc(F)cc1Br. The standard InChI is InChI=1S/C22H22Cl2N4O5S.C22H22ClFN4O5S.C21H20BrFN4O5S/c1-2-32-22(31)17-15(10-28-6-7-33-16(11-28)21(29)30)26-19(20-25-5-8-34-20)27-18(17)13-4-3-12(23)9-14(13)24;1-2-32-22(31)17-15(10-28-6-7-33-16(11-28)21(29)30)26-19(20-25-5-8-34-20)27-18(17)13-4-3-12(24)9-14(13)23;1-31-21(30)16-14(9-27-5-6-32-15(10-27)20(28)29)25-18(19-24-4-7-33-19)26-17(16)12-3-2-11(23)8-13(12)22/h2*3-5,8-9,16,18H,2,6-7,10-11H2,1H3,(H,26,27)(H,29,30);2-4,7-8,15,17H,5-6,9-10H2,1H3,(H,25,26)(H,28,29). The van der Waals surface area contributed by atoms with Crippen LogP contribution in [0, 0.1) is 11.6 Å². The Bertz CT molecular complexity index is 4070. The highest BCUT2D eigenvalue weighted by Crippen LogP contribution is 2.41. The van der Waals surface area contributed by atoms with Crippen molar-refractivity contribution in [2.45, 2.75) is 50.3 Å². The Morgan fingerprint density at radius 1 is 0.545 bits per heavy atom. The predicted molar refractivity (Wildman–Crippen MR) is 373 cm³/mol. The number of carboxylic acids is 3. The lowest BCUT2D eigenvalue weighted by atomic mass is 9.95. The number of aliphatic imine (C=N–C) groups is 3. The molecule has 6 aromatic rings. The summed E-state index contributed by atoms with van der Waals surface area (Å²) in [5.41, 5.74) is 3.90. The van der Waals surface area contributed by atoms with Crippen LogP contribution in [0.15, 0.2) is 143 Å². The minimum atomic E-state index is -1.05. The van der Waals surface area contributed by atoms with Gasteiger partial charge in [0.1, 0.15) is 29.8 Å². The largest absolute Gasteiger partial charge is 0.479 e. The van der Waals surface area contributed by atoms with E-state index in [1.54, 1.807) is 67.5 Å². The maximum atomic E-state index is 13.8. The Labute approximate surface area is 611 Å². The minimum absolute atomic E-state index is 0.118. The van der Waals surface area contributed by atoms with Crippen LogP contribution >= 0.6 is 84.7 Å². The maximum absolute atomic E-state index is 13.8. The summed E-state index contributed by atoms with van der Waals surface area (Å²) < 4.78 is 59.7. The second kappa shape index (κ2) is 35.2. The van der Waals surface area contributed by atoms with Gasteiger partial charge in [0.15, 0.2) is 50.8 Å². The molecular weight excluding hydrogens is 1510 g/mol. The quantitative estimate of drug-likeness (QED) is 0.0310. The Kier molecular flexibility index (Phi) is 26.4. The molecule has 3 saturated heterocycles. The van der Waals surface area contributed by atoms with E-state index in [1.165, 1.54) is 71.5 Å². The van der Waals surface area contributed by atoms with Crippen LogP contribution in [0.5, 0.6) is 0 Å². The van der Waals surface area contributed by atoms with E-state index in [9.17, 15) is 52.9 Å². The van der Waals surface area contributed by atoms with Crippen molar-refractivity contribution >= 4 is 138 Å². The highest BCUT2D eigenvalue weighted by Gasteiger charge is 2.40. The molecule has 27 nitrogen and oxygen atoms in total. The van der Waals surface area contributed by atoms with E-state index in [2.05, 4.69) is 46.8 Å². The summed E-state index contributed by atoms with van der Waals surface area (Å²) in [6, 6.07) is 10.7. The number of thiazole rings is 3. The lowest BCUT2D eigenvalue weighted by molar-refractivity contribution is -0.156. The fraction of sp³-hybridized carbons (Fsp3) is 0.354. The fourth-order valence-corrected chi connectivity index (χ4v) is 14.4. The maximum Gasteiger partial charge on any atom is 0.338 e. The molecule has 534 valence electrons. The van der Waals surface area contributed by atoms with Gasteiger partial charge in [-0.3, -0.25) is 29.7 Å². The molecule has 3 aromatic carbocycles. The van der Waals surface area contributed by atoms with E-state index in [4.69, 9.17) is 78.2 Å². The third-order valence-corrected chi connectivity index (χ3v) is 19.8. The molecule has 0 bridgehead atoms. The van der Waals surface area contributed by atoms with Crippen LogP contribution in [-0.2, 0) is 57.2 Å². The van der Waals surface area contributed by atoms with Crippen molar-refractivity contribution in [3.05, 3.63) is 186 Å². The van der Waals surface area contributed by atoms with Crippen molar-refractivity contribution in [3.63, 3.8) is 0 Å². The number of carbonyl (C=O) groups is 6. The number of nitrogens with zero attached hydrogens (tertiary/aromatic N) is 9. The van der Waals surface area contributed by atoms with Crippen molar-refractivity contribution in [2.24, 2.45) is 15.0 Å². The van der Waals surface area contributed by atoms with Crippen LogP contribution in [0.25, 0.3) is 0 Å². The third kappa shape index (κ3) is 19.0. The van der Waals surface area contributed by atoms with Gasteiger partial charge >= 0.3 is 35.8 Å². The van der Waals surface area contributed by atoms with Gasteiger partial charge < -0.3 is 59.7 Å². The van der Waals surface area contributed by atoms with Gasteiger partial charge in [0.2, 0.25) is 0 Å². The van der Waals surface area contributed by atoms with Crippen LogP contribution in [0.1, 0.15) is 63.7 Å². The molecule has 0 amide bonds. The van der Waals surface area contributed by atoms with Crippen LogP contribution < -0.4 is 16.0 Å². The molecule has 12 rings (SSSR count). The Morgan fingerprint density at radius 3 is 1.24 bits per heavy atom. The van der Waals surface area contributed by atoms with E-state index in [-0.39, 0.29) is 88.5 Å². The van der Waals surface area contributed by atoms with Gasteiger partial charge in [-0.15, -0.1) is 34.0 Å². The van der Waals surface area contributed by atoms with Crippen molar-refractivity contribution < 1.29 is 81.3 Å². The van der Waals surface area contributed by atoms with Crippen molar-refractivity contribution in [1.29, 1.82) is 0 Å². The average Bonchev–Trinajstić information content (AvgIpc) is 1.36. The normalized spacial score (nSPS) is 21.2. The van der Waals surface area contributed by atoms with Gasteiger partial charge in [-0.1, -0.05) is 68.9 Å². The average molecular weight is 1570 g/mol. The van der Waals surface area contributed by atoms with Crippen LogP contribution in [-0.4, -0.2) is 216 Å². The molecule has 6 unspecified atom stereocenters. The molecule has 0 radical (unpaired) electrons. The van der Waals surface area contributed by atoms with Gasteiger partial charge in [0.25, 0.3) is 0 Å². The smallest absolute Gasteiger partial charge is 0.338 e. The van der Waals surface area contributed by atoms with Gasteiger partial charge in [-0.25, -0.2) is 52.5 Å². The van der Waals surface area contributed by atoms with Gasteiger partial charge in [-0.05, 0) is 55.8 Å². The summed E-state index contributed by atoms with van der Waals surface area (Å²) in [6.07, 6.45) is 2.06. The number of esters is 3. The first-order valence-electron chi connectivity index (χ1n) is 31.0. The lowest BCUT2D eigenvalue weighted by Gasteiger charge is -2.34. The third-order valence-electron chi connectivity index (χ3n) is 15.9. The molecule has 9 heterocycles. The summed E-state index contributed by atoms with van der Waals surface area (Å²) in [6.45, 7) is 7.11.